The van der Waals surface area contributed by atoms with Gasteiger partial charge in [-0.1, -0.05) is 30.3 Å². The molecule has 4 nitrogen and oxygen atoms in total. The van der Waals surface area contributed by atoms with Gasteiger partial charge in [0.25, 0.3) is 0 Å². The zero-order chi connectivity index (χ0) is 14.7. The number of hydrogen-bond acceptors (Lipinski definition) is 3. The highest BCUT2D eigenvalue weighted by atomic mass is 32.2. The molecule has 0 spiro atoms. The van der Waals surface area contributed by atoms with Crippen LogP contribution in [-0.4, -0.2) is 16.3 Å². The lowest BCUT2D eigenvalue weighted by Gasteiger charge is -2.12. The molecule has 3 aromatic rings. The van der Waals surface area contributed by atoms with Gasteiger partial charge in [0.1, 0.15) is 10.6 Å². The van der Waals surface area contributed by atoms with Gasteiger partial charge in [-0.25, -0.2) is 4.21 Å². The zero-order valence-electron chi connectivity index (χ0n) is 11.4. The summed E-state index contributed by atoms with van der Waals surface area (Å²) in [5.41, 5.74) is 0.748. The molecule has 0 saturated heterocycles. The first kappa shape index (κ1) is 13.6. The van der Waals surface area contributed by atoms with Gasteiger partial charge in [-0.2, -0.15) is 0 Å². The molecule has 0 aliphatic rings. The molecule has 21 heavy (non-hydrogen) atoms. The van der Waals surface area contributed by atoms with E-state index in [0.29, 0.717) is 10.6 Å². The highest BCUT2D eigenvalue weighted by Crippen LogP contribution is 2.31. The summed E-state index contributed by atoms with van der Waals surface area (Å²) in [6, 6.07) is 15.2. The molecule has 1 unspecified atom stereocenters. The second kappa shape index (κ2) is 5.93. The normalized spacial score (nSPS) is 12.0. The maximum Gasteiger partial charge on any atom is 0.154 e. The van der Waals surface area contributed by atoms with E-state index in [2.05, 4.69) is 9.71 Å². The third-order valence-corrected chi connectivity index (χ3v) is 4.35. The van der Waals surface area contributed by atoms with E-state index in [9.17, 15) is 4.21 Å². The number of nitrogens with zero attached hydrogens (tertiary/aromatic N) is 1. The average Bonchev–Trinajstić information content (AvgIpc) is 2.54. The number of pyridine rings is 1. The number of benzene rings is 2. The second-order valence-electron chi connectivity index (χ2n) is 4.42. The van der Waals surface area contributed by atoms with Gasteiger partial charge in [-0.15, -0.1) is 0 Å². The standard InChI is InChI=1S/C16H14N2O2S/c1-20-15-7-6-12-4-2-3-5-14(12)16(15)21(19)18-13-8-10-17-11-9-13/h2-11H,1H3,(H,17,18). The van der Waals surface area contributed by atoms with Gasteiger partial charge in [0.15, 0.2) is 11.0 Å². The zero-order valence-corrected chi connectivity index (χ0v) is 12.3. The Hall–Kier alpha value is -2.40. The Morgan fingerprint density at radius 3 is 2.57 bits per heavy atom. The molecule has 0 bridgehead atoms. The molecule has 2 aromatic carbocycles. The van der Waals surface area contributed by atoms with Crippen LogP contribution in [0.3, 0.4) is 0 Å². The van der Waals surface area contributed by atoms with Crippen molar-refractivity contribution in [2.24, 2.45) is 0 Å². The Kier molecular flexibility index (Phi) is 3.83. The maximum absolute atomic E-state index is 12.7. The van der Waals surface area contributed by atoms with Crippen LogP contribution in [0.5, 0.6) is 5.75 Å². The number of rotatable bonds is 4. The fraction of sp³-hybridized carbons (Fsp3) is 0.0625. The Bertz CT molecular complexity index is 791. The number of fused-ring (bicyclic) bond motifs is 1. The van der Waals surface area contributed by atoms with Crippen LogP contribution in [0.1, 0.15) is 0 Å². The van der Waals surface area contributed by atoms with Gasteiger partial charge in [0, 0.05) is 23.5 Å². The summed E-state index contributed by atoms with van der Waals surface area (Å²) in [5, 5.41) is 1.94. The van der Waals surface area contributed by atoms with E-state index in [0.717, 1.165) is 16.5 Å². The van der Waals surface area contributed by atoms with Crippen LogP contribution in [0.2, 0.25) is 0 Å². The molecule has 106 valence electrons. The summed E-state index contributed by atoms with van der Waals surface area (Å²) in [6.45, 7) is 0. The van der Waals surface area contributed by atoms with Crippen molar-refractivity contribution < 1.29 is 8.95 Å². The molecular weight excluding hydrogens is 284 g/mol. The van der Waals surface area contributed by atoms with Crippen molar-refractivity contribution in [3.05, 3.63) is 60.9 Å². The van der Waals surface area contributed by atoms with Crippen LogP contribution in [0.15, 0.2) is 65.8 Å². The summed E-state index contributed by atoms with van der Waals surface area (Å²) in [7, 11) is 0.157. The lowest BCUT2D eigenvalue weighted by Crippen LogP contribution is -2.07. The molecule has 0 amide bonds. The first-order valence-electron chi connectivity index (χ1n) is 6.44. The van der Waals surface area contributed by atoms with E-state index in [1.165, 1.54) is 0 Å². The Labute approximate surface area is 125 Å². The monoisotopic (exact) mass is 298 g/mol. The summed E-state index contributed by atoms with van der Waals surface area (Å²) >= 11 is 0. The minimum Gasteiger partial charge on any atom is -0.495 e. The van der Waals surface area contributed by atoms with E-state index in [-0.39, 0.29) is 0 Å². The first-order chi connectivity index (χ1) is 10.3. The number of nitrogens with one attached hydrogen (secondary N) is 1. The van der Waals surface area contributed by atoms with Gasteiger partial charge in [0.05, 0.1) is 7.11 Å². The van der Waals surface area contributed by atoms with Crippen molar-refractivity contribution in [2.75, 3.05) is 11.8 Å². The Morgan fingerprint density at radius 2 is 1.81 bits per heavy atom. The van der Waals surface area contributed by atoms with Crippen LogP contribution in [0, 0.1) is 0 Å². The third kappa shape index (κ3) is 2.73. The number of aromatic nitrogens is 1. The Balaban J connectivity index is 2.07. The molecule has 0 fully saturated rings. The van der Waals surface area contributed by atoms with Crippen LogP contribution in [0.25, 0.3) is 10.8 Å². The molecule has 0 aliphatic carbocycles. The van der Waals surface area contributed by atoms with Gasteiger partial charge in [-0.3, -0.25) is 4.98 Å². The largest absolute Gasteiger partial charge is 0.495 e. The summed E-state index contributed by atoms with van der Waals surface area (Å²) in [6.07, 6.45) is 3.31. The van der Waals surface area contributed by atoms with Crippen molar-refractivity contribution in [3.8, 4) is 5.75 Å². The quantitative estimate of drug-likeness (QED) is 0.803. The molecular formula is C16H14N2O2S. The molecule has 1 atom stereocenters. The third-order valence-electron chi connectivity index (χ3n) is 3.14. The summed E-state index contributed by atoms with van der Waals surface area (Å²) in [4.78, 5) is 4.59. The fourth-order valence-electron chi connectivity index (χ4n) is 2.15. The molecule has 1 N–H and O–H groups in total. The van der Waals surface area contributed by atoms with Gasteiger partial charge < -0.3 is 9.46 Å². The Morgan fingerprint density at radius 1 is 1.05 bits per heavy atom. The molecule has 0 radical (unpaired) electrons. The molecule has 1 heterocycles. The van der Waals surface area contributed by atoms with E-state index >= 15 is 0 Å². The van der Waals surface area contributed by atoms with Crippen LogP contribution >= 0.6 is 0 Å². The summed E-state index contributed by atoms with van der Waals surface area (Å²) < 4.78 is 21.1. The van der Waals surface area contributed by atoms with Crippen LogP contribution in [0.4, 0.5) is 5.69 Å². The highest BCUT2D eigenvalue weighted by Gasteiger charge is 2.15. The van der Waals surface area contributed by atoms with E-state index in [1.54, 1.807) is 31.6 Å². The fourth-order valence-corrected chi connectivity index (χ4v) is 3.32. The molecule has 0 aliphatic heterocycles. The van der Waals surface area contributed by atoms with Crippen molar-refractivity contribution in [1.29, 1.82) is 0 Å². The predicted octanol–water partition coefficient (Wildman–Crippen LogP) is 3.38. The van der Waals surface area contributed by atoms with E-state index in [1.807, 2.05) is 36.4 Å². The SMILES string of the molecule is COc1ccc2ccccc2c1S(=O)Nc1ccncc1. The van der Waals surface area contributed by atoms with Gasteiger partial charge >= 0.3 is 0 Å². The second-order valence-corrected chi connectivity index (χ2v) is 5.57. The number of hydrogen-bond donors (Lipinski definition) is 1. The smallest absolute Gasteiger partial charge is 0.154 e. The number of anilines is 1. The molecule has 0 saturated carbocycles. The molecule has 5 heteroatoms. The average molecular weight is 298 g/mol. The summed E-state index contributed by atoms with van der Waals surface area (Å²) in [5.74, 6) is 0.605. The number of ether oxygens (including phenoxy) is 1. The van der Waals surface area contributed by atoms with Crippen molar-refractivity contribution in [2.45, 2.75) is 4.90 Å². The topological polar surface area (TPSA) is 51.2 Å². The predicted molar refractivity (Wildman–Crippen MR) is 84.8 cm³/mol. The lowest BCUT2D eigenvalue weighted by atomic mass is 10.1. The lowest BCUT2D eigenvalue weighted by molar-refractivity contribution is 0.405. The van der Waals surface area contributed by atoms with Crippen molar-refractivity contribution in [1.82, 2.24) is 4.98 Å². The molecule has 1 aromatic heterocycles. The van der Waals surface area contributed by atoms with Crippen LogP contribution < -0.4 is 9.46 Å². The van der Waals surface area contributed by atoms with Crippen LogP contribution in [-0.2, 0) is 11.0 Å². The van der Waals surface area contributed by atoms with Crippen molar-refractivity contribution >= 4 is 27.4 Å². The highest BCUT2D eigenvalue weighted by molar-refractivity contribution is 7.86. The molecule has 3 rings (SSSR count). The van der Waals surface area contributed by atoms with Gasteiger partial charge in [0.2, 0.25) is 0 Å². The minimum atomic E-state index is -1.42. The maximum atomic E-state index is 12.7. The van der Waals surface area contributed by atoms with Crippen molar-refractivity contribution in [3.63, 3.8) is 0 Å². The first-order valence-corrected chi connectivity index (χ1v) is 7.59. The van der Waals surface area contributed by atoms with Gasteiger partial charge in [-0.05, 0) is 23.6 Å². The van der Waals surface area contributed by atoms with E-state index < -0.39 is 11.0 Å². The minimum absolute atomic E-state index is 0.605. The van der Waals surface area contributed by atoms with E-state index in [4.69, 9.17) is 4.74 Å². The number of methoxy groups -OCH3 is 1.